The van der Waals surface area contributed by atoms with Crippen LogP contribution in [-0.2, 0) is 7.05 Å². The number of anilines is 1. The second-order valence-electron chi connectivity index (χ2n) is 3.95. The molecule has 0 saturated carbocycles. The average Bonchev–Trinajstić information content (AvgIpc) is 2.36. The van der Waals surface area contributed by atoms with Crippen molar-refractivity contribution in [3.8, 4) is 0 Å². The second-order valence-corrected chi connectivity index (χ2v) is 5.27. The van der Waals surface area contributed by atoms with Crippen LogP contribution in [-0.4, -0.2) is 10.5 Å². The largest absolute Gasteiger partial charge is 0.321 e. The maximum Gasteiger partial charge on any atom is 0.257 e. The molecule has 0 aliphatic carbocycles. The highest BCUT2D eigenvalue weighted by atomic mass is 79.9. The third-order valence-corrected chi connectivity index (χ3v) is 3.34. The molecular weight excluding hydrogens is 332 g/mol. The van der Waals surface area contributed by atoms with Gasteiger partial charge in [-0.2, -0.15) is 0 Å². The average molecular weight is 342 g/mol. The number of hydrogen-bond acceptors (Lipinski definition) is 2. The van der Waals surface area contributed by atoms with Gasteiger partial charge in [-0.3, -0.25) is 9.59 Å². The van der Waals surface area contributed by atoms with Gasteiger partial charge in [0, 0.05) is 23.8 Å². The maximum atomic E-state index is 12.1. The molecule has 2 rings (SSSR count). The summed E-state index contributed by atoms with van der Waals surface area (Å²) in [6.07, 6.45) is 1.55. The summed E-state index contributed by atoms with van der Waals surface area (Å²) in [5.74, 6) is -0.329. The van der Waals surface area contributed by atoms with Gasteiger partial charge in [0.2, 0.25) is 5.56 Å². The van der Waals surface area contributed by atoms with Crippen LogP contribution in [0.1, 0.15) is 10.4 Å². The molecule has 1 amide bonds. The van der Waals surface area contributed by atoms with Crippen LogP contribution >= 0.6 is 27.5 Å². The topological polar surface area (TPSA) is 51.1 Å². The summed E-state index contributed by atoms with van der Waals surface area (Å²) in [5, 5.41) is 3.06. The van der Waals surface area contributed by atoms with Gasteiger partial charge in [0.05, 0.1) is 16.3 Å². The number of nitrogens with one attached hydrogen (secondary N) is 1. The Morgan fingerprint density at radius 3 is 2.74 bits per heavy atom. The molecule has 0 radical (unpaired) electrons. The molecule has 98 valence electrons. The van der Waals surface area contributed by atoms with Crippen molar-refractivity contribution in [1.82, 2.24) is 4.57 Å². The Bertz CT molecular complexity index is 697. The van der Waals surface area contributed by atoms with E-state index < -0.39 is 0 Å². The molecule has 1 N–H and O–H groups in total. The number of aryl methyl sites for hydroxylation is 1. The molecule has 6 heteroatoms. The van der Waals surface area contributed by atoms with Gasteiger partial charge in [0.15, 0.2) is 0 Å². The Morgan fingerprint density at radius 1 is 1.32 bits per heavy atom. The van der Waals surface area contributed by atoms with Crippen LogP contribution in [0.25, 0.3) is 0 Å². The van der Waals surface area contributed by atoms with E-state index in [1.807, 2.05) is 0 Å². The number of carbonyl (C=O) groups excluding carboxylic acids is 1. The van der Waals surface area contributed by atoms with Gasteiger partial charge in [-0.25, -0.2) is 0 Å². The Hall–Kier alpha value is -1.59. The molecule has 19 heavy (non-hydrogen) atoms. The van der Waals surface area contributed by atoms with Crippen molar-refractivity contribution >= 4 is 39.1 Å². The van der Waals surface area contributed by atoms with Crippen molar-refractivity contribution in [2.45, 2.75) is 0 Å². The summed E-state index contributed by atoms with van der Waals surface area (Å²) in [4.78, 5) is 23.3. The van der Waals surface area contributed by atoms with E-state index in [1.54, 1.807) is 37.5 Å². The normalized spacial score (nSPS) is 10.3. The molecule has 1 heterocycles. The van der Waals surface area contributed by atoms with Crippen LogP contribution in [0.5, 0.6) is 0 Å². The third-order valence-electron chi connectivity index (χ3n) is 2.52. The fourth-order valence-corrected chi connectivity index (χ4v) is 2.10. The molecule has 1 aromatic carbocycles. The van der Waals surface area contributed by atoms with Crippen LogP contribution in [0.3, 0.4) is 0 Å². The van der Waals surface area contributed by atoms with Crippen molar-refractivity contribution in [2.75, 3.05) is 5.32 Å². The van der Waals surface area contributed by atoms with E-state index in [9.17, 15) is 9.59 Å². The third kappa shape index (κ3) is 3.24. The second kappa shape index (κ2) is 5.59. The number of amides is 1. The standard InChI is InChI=1S/C13H10BrClN2O2/c1-17-7-9(3-5-12(17)18)16-13(19)10-6-8(14)2-4-11(10)15/h2-7H,1H3,(H,16,19). The number of nitrogens with zero attached hydrogens (tertiary/aromatic N) is 1. The zero-order valence-electron chi connectivity index (χ0n) is 9.98. The molecule has 0 fully saturated rings. The minimum absolute atomic E-state index is 0.140. The molecule has 0 atom stereocenters. The van der Waals surface area contributed by atoms with Crippen LogP contribution in [0.4, 0.5) is 5.69 Å². The monoisotopic (exact) mass is 340 g/mol. The fourth-order valence-electron chi connectivity index (χ4n) is 1.54. The lowest BCUT2D eigenvalue weighted by Gasteiger charge is -2.08. The van der Waals surface area contributed by atoms with Crippen molar-refractivity contribution in [1.29, 1.82) is 0 Å². The number of hydrogen-bond donors (Lipinski definition) is 1. The van der Waals surface area contributed by atoms with Crippen molar-refractivity contribution in [3.05, 3.63) is 61.9 Å². The maximum absolute atomic E-state index is 12.1. The SMILES string of the molecule is Cn1cc(NC(=O)c2cc(Br)ccc2Cl)ccc1=O. The number of pyridine rings is 1. The van der Waals surface area contributed by atoms with Gasteiger partial charge in [-0.1, -0.05) is 27.5 Å². The quantitative estimate of drug-likeness (QED) is 0.913. The molecule has 2 aromatic rings. The van der Waals surface area contributed by atoms with Gasteiger partial charge in [-0.05, 0) is 24.3 Å². The smallest absolute Gasteiger partial charge is 0.257 e. The lowest BCUT2D eigenvalue weighted by atomic mass is 10.2. The van der Waals surface area contributed by atoms with Gasteiger partial charge in [-0.15, -0.1) is 0 Å². The van der Waals surface area contributed by atoms with E-state index in [4.69, 9.17) is 11.6 Å². The summed E-state index contributed by atoms with van der Waals surface area (Å²) in [5.41, 5.74) is 0.756. The zero-order chi connectivity index (χ0) is 14.0. The van der Waals surface area contributed by atoms with Gasteiger partial charge < -0.3 is 9.88 Å². The molecule has 0 bridgehead atoms. The molecule has 1 aromatic heterocycles. The minimum Gasteiger partial charge on any atom is -0.321 e. The zero-order valence-corrected chi connectivity index (χ0v) is 12.3. The molecule has 0 spiro atoms. The van der Waals surface area contributed by atoms with Crippen molar-refractivity contribution in [3.63, 3.8) is 0 Å². The Morgan fingerprint density at radius 2 is 2.05 bits per heavy atom. The summed E-state index contributed by atoms with van der Waals surface area (Å²) >= 11 is 9.26. The lowest BCUT2D eigenvalue weighted by Crippen LogP contribution is -2.18. The van der Waals surface area contributed by atoms with Crippen LogP contribution in [0, 0.1) is 0 Å². The number of halogens is 2. The summed E-state index contributed by atoms with van der Waals surface area (Å²) < 4.78 is 2.15. The van der Waals surface area contributed by atoms with Gasteiger partial charge in [0.1, 0.15) is 0 Å². The van der Waals surface area contributed by atoms with E-state index in [2.05, 4.69) is 21.2 Å². The molecule has 0 saturated heterocycles. The first-order valence-electron chi connectivity index (χ1n) is 5.40. The highest BCUT2D eigenvalue weighted by Crippen LogP contribution is 2.21. The lowest BCUT2D eigenvalue weighted by molar-refractivity contribution is 0.102. The predicted molar refractivity (Wildman–Crippen MR) is 78.8 cm³/mol. The van der Waals surface area contributed by atoms with Gasteiger partial charge in [0.25, 0.3) is 5.91 Å². The number of benzene rings is 1. The van der Waals surface area contributed by atoms with Gasteiger partial charge >= 0.3 is 0 Å². The van der Waals surface area contributed by atoms with Crippen LogP contribution in [0.2, 0.25) is 5.02 Å². The number of aromatic nitrogens is 1. The number of rotatable bonds is 2. The van der Waals surface area contributed by atoms with E-state index in [0.29, 0.717) is 16.3 Å². The number of carbonyl (C=O) groups is 1. The Kier molecular flexibility index (Phi) is 4.07. The van der Waals surface area contributed by atoms with Crippen molar-refractivity contribution in [2.24, 2.45) is 7.05 Å². The highest BCUT2D eigenvalue weighted by Gasteiger charge is 2.11. The molecule has 4 nitrogen and oxygen atoms in total. The summed E-state index contributed by atoms with van der Waals surface area (Å²) in [6.45, 7) is 0. The van der Waals surface area contributed by atoms with Crippen molar-refractivity contribution < 1.29 is 4.79 Å². The summed E-state index contributed by atoms with van der Waals surface area (Å²) in [6, 6.07) is 7.97. The molecule has 0 aliphatic rings. The van der Waals surface area contributed by atoms with E-state index in [0.717, 1.165) is 4.47 Å². The van der Waals surface area contributed by atoms with E-state index in [1.165, 1.54) is 10.6 Å². The Balaban J connectivity index is 2.28. The first-order valence-corrected chi connectivity index (χ1v) is 6.57. The Labute approximate surface area is 123 Å². The van der Waals surface area contributed by atoms with Crippen LogP contribution < -0.4 is 10.9 Å². The summed E-state index contributed by atoms with van der Waals surface area (Å²) in [7, 11) is 1.62. The predicted octanol–water partition coefficient (Wildman–Crippen LogP) is 3.05. The molecule has 0 aliphatic heterocycles. The highest BCUT2D eigenvalue weighted by molar-refractivity contribution is 9.10. The van der Waals surface area contributed by atoms with E-state index >= 15 is 0 Å². The van der Waals surface area contributed by atoms with Crippen LogP contribution in [0.15, 0.2) is 45.8 Å². The fraction of sp³-hybridized carbons (Fsp3) is 0.0769. The first-order chi connectivity index (χ1) is 8.97. The van der Waals surface area contributed by atoms with E-state index in [-0.39, 0.29) is 11.5 Å². The molecular formula is C13H10BrClN2O2. The first kappa shape index (κ1) is 13.8. The molecule has 0 unspecified atom stereocenters. The minimum atomic E-state index is -0.329.